The van der Waals surface area contributed by atoms with Crippen LogP contribution in [-0.2, 0) is 14.3 Å². The number of ether oxygens (including phenoxy) is 1. The van der Waals surface area contributed by atoms with Crippen molar-refractivity contribution >= 4 is 37.1 Å². The summed E-state index contributed by atoms with van der Waals surface area (Å²) in [5.74, 6) is -0.890. The number of hydrogen-bond acceptors (Lipinski definition) is 5. The van der Waals surface area contributed by atoms with Gasteiger partial charge in [0.15, 0.2) is 5.37 Å². The molecule has 0 aromatic carbocycles. The van der Waals surface area contributed by atoms with E-state index in [-0.39, 0.29) is 18.3 Å². The van der Waals surface area contributed by atoms with Crippen LogP contribution in [0.2, 0.25) is 0 Å². The van der Waals surface area contributed by atoms with E-state index in [1.807, 2.05) is 0 Å². The molecule has 70 valence electrons. The van der Waals surface area contributed by atoms with E-state index >= 15 is 0 Å². The normalized spacial score (nSPS) is 11.9. The first-order valence-corrected chi connectivity index (χ1v) is 4.51. The first-order chi connectivity index (χ1) is 5.61. The lowest BCUT2D eigenvalue weighted by Crippen LogP contribution is -2.38. The van der Waals surface area contributed by atoms with E-state index in [4.69, 9.17) is 0 Å². The Labute approximate surface area is 81.9 Å². The maximum Gasteiger partial charge on any atom is 0.339 e. The van der Waals surface area contributed by atoms with Gasteiger partial charge in [-0.1, -0.05) is 0 Å². The second-order valence-corrected chi connectivity index (χ2v) is 2.71. The van der Waals surface area contributed by atoms with Gasteiger partial charge < -0.3 is 10.1 Å². The highest BCUT2D eigenvalue weighted by molar-refractivity contribution is 7.82. The molecule has 0 aromatic rings. The minimum Gasteiger partial charge on any atom is -0.464 e. The summed E-state index contributed by atoms with van der Waals surface area (Å²) in [5.41, 5.74) is 0. The molecule has 12 heavy (non-hydrogen) atoms. The molecule has 1 atom stereocenters. The summed E-state index contributed by atoms with van der Waals surface area (Å²) in [7, 11) is 0. The van der Waals surface area contributed by atoms with Crippen molar-refractivity contribution in [2.24, 2.45) is 0 Å². The predicted molar refractivity (Wildman–Crippen MR) is 51.4 cm³/mol. The Morgan fingerprint density at radius 1 is 1.58 bits per heavy atom. The van der Waals surface area contributed by atoms with Crippen molar-refractivity contribution in [1.82, 2.24) is 5.32 Å². The van der Waals surface area contributed by atoms with Gasteiger partial charge >= 0.3 is 5.97 Å². The highest BCUT2D eigenvalue weighted by Gasteiger charge is 2.16. The van der Waals surface area contributed by atoms with Crippen molar-refractivity contribution in [2.45, 2.75) is 12.3 Å². The molecule has 0 rings (SSSR count). The van der Waals surface area contributed by atoms with Crippen LogP contribution in [0.3, 0.4) is 0 Å². The molecule has 6 heteroatoms. The average Bonchev–Trinajstić information content (AvgIpc) is 2.04. The lowest BCUT2D eigenvalue weighted by atomic mass is 10.6. The number of carbonyl (C=O) groups is 2. The minimum absolute atomic E-state index is 0.0243. The summed E-state index contributed by atoms with van der Waals surface area (Å²) in [6.07, 6.45) is 0. The zero-order valence-electron chi connectivity index (χ0n) is 6.61. The molecule has 0 spiro atoms. The van der Waals surface area contributed by atoms with Gasteiger partial charge in [0.2, 0.25) is 5.91 Å². The maximum atomic E-state index is 10.9. The highest BCUT2D eigenvalue weighted by Crippen LogP contribution is 1.94. The monoisotopic (exact) mass is 209 g/mol. The van der Waals surface area contributed by atoms with Crippen molar-refractivity contribution in [2.75, 3.05) is 12.4 Å². The fourth-order valence-corrected chi connectivity index (χ4v) is 0.788. The van der Waals surface area contributed by atoms with Crippen molar-refractivity contribution in [3.8, 4) is 0 Å². The second-order valence-electron chi connectivity index (χ2n) is 1.88. The van der Waals surface area contributed by atoms with Crippen LogP contribution in [0.25, 0.3) is 0 Å². The van der Waals surface area contributed by atoms with Gasteiger partial charge in [-0.05, 0) is 6.92 Å². The van der Waals surface area contributed by atoms with Gasteiger partial charge in [-0.25, -0.2) is 4.79 Å². The van der Waals surface area contributed by atoms with E-state index in [0.29, 0.717) is 0 Å². The molecule has 4 nitrogen and oxygen atoms in total. The second kappa shape index (κ2) is 6.19. The Balaban J connectivity index is 3.78. The van der Waals surface area contributed by atoms with Gasteiger partial charge in [-0.15, -0.1) is 12.6 Å². The van der Waals surface area contributed by atoms with Crippen LogP contribution >= 0.6 is 25.3 Å². The molecule has 0 heterocycles. The molecule has 0 aliphatic heterocycles. The van der Waals surface area contributed by atoms with E-state index < -0.39 is 11.3 Å². The first-order valence-electron chi connectivity index (χ1n) is 3.36. The fraction of sp³-hybridized carbons (Fsp3) is 0.667. The molecule has 0 saturated heterocycles. The number of esters is 1. The topological polar surface area (TPSA) is 55.4 Å². The predicted octanol–water partition coefficient (Wildman–Crippen LogP) is -0.149. The molecule has 1 N–H and O–H groups in total. The molecule has 1 unspecified atom stereocenters. The van der Waals surface area contributed by atoms with E-state index in [2.05, 4.69) is 35.3 Å². The van der Waals surface area contributed by atoms with Crippen LogP contribution in [0, 0.1) is 0 Å². The number of amides is 1. The summed E-state index contributed by atoms with van der Waals surface area (Å²) < 4.78 is 4.59. The van der Waals surface area contributed by atoms with Crippen LogP contribution < -0.4 is 5.32 Å². The SMILES string of the molecule is CCOC(=O)C(S)NC(=O)CS. The van der Waals surface area contributed by atoms with Crippen LogP contribution in [0.5, 0.6) is 0 Å². The molecule has 0 radical (unpaired) electrons. The van der Waals surface area contributed by atoms with Gasteiger partial charge in [0.05, 0.1) is 12.4 Å². The number of thiol groups is 2. The lowest BCUT2D eigenvalue weighted by Gasteiger charge is -2.10. The van der Waals surface area contributed by atoms with Crippen LogP contribution in [0.1, 0.15) is 6.92 Å². The van der Waals surface area contributed by atoms with Crippen molar-refractivity contribution in [3.05, 3.63) is 0 Å². The number of hydrogen-bond donors (Lipinski definition) is 3. The summed E-state index contributed by atoms with van der Waals surface area (Å²) in [6.45, 7) is 1.95. The molecule has 0 fully saturated rings. The number of rotatable bonds is 4. The summed E-state index contributed by atoms with van der Waals surface area (Å²) >= 11 is 7.52. The third kappa shape index (κ3) is 4.50. The standard InChI is InChI=1S/C6H11NO3S2/c1-2-10-6(9)5(12)7-4(8)3-11/h5,11-12H,2-3H2,1H3,(H,7,8). The van der Waals surface area contributed by atoms with Gasteiger partial charge in [0, 0.05) is 0 Å². The Kier molecular flexibility index (Phi) is 6.00. The third-order valence-corrected chi connectivity index (χ3v) is 1.58. The quantitative estimate of drug-likeness (QED) is 0.343. The Morgan fingerprint density at radius 3 is 2.58 bits per heavy atom. The summed E-state index contributed by atoms with van der Waals surface area (Å²) in [6, 6.07) is 0. The summed E-state index contributed by atoms with van der Waals surface area (Å²) in [5, 5.41) is 1.39. The zero-order chi connectivity index (χ0) is 9.56. The molecule has 0 saturated carbocycles. The molecular weight excluding hydrogens is 198 g/mol. The van der Waals surface area contributed by atoms with Gasteiger partial charge in [-0.2, -0.15) is 12.6 Å². The Hall–Kier alpha value is -0.360. The minimum atomic E-state index is -0.899. The van der Waals surface area contributed by atoms with Crippen molar-refractivity contribution in [3.63, 3.8) is 0 Å². The van der Waals surface area contributed by atoms with E-state index in [9.17, 15) is 9.59 Å². The molecule has 0 aliphatic carbocycles. The Bertz CT molecular complexity index is 174. The molecule has 1 amide bonds. The van der Waals surface area contributed by atoms with Gasteiger partial charge in [0.25, 0.3) is 0 Å². The van der Waals surface area contributed by atoms with Crippen LogP contribution in [0.15, 0.2) is 0 Å². The van der Waals surface area contributed by atoms with Crippen LogP contribution in [-0.4, -0.2) is 29.6 Å². The van der Waals surface area contributed by atoms with Crippen molar-refractivity contribution < 1.29 is 14.3 Å². The third-order valence-electron chi connectivity index (χ3n) is 0.951. The number of nitrogens with one attached hydrogen (secondary N) is 1. The van der Waals surface area contributed by atoms with E-state index in [1.54, 1.807) is 6.92 Å². The fourth-order valence-electron chi connectivity index (χ4n) is 0.478. The van der Waals surface area contributed by atoms with Crippen molar-refractivity contribution in [1.29, 1.82) is 0 Å². The van der Waals surface area contributed by atoms with E-state index in [0.717, 1.165) is 0 Å². The molecule has 0 aliphatic rings. The largest absolute Gasteiger partial charge is 0.464 e. The zero-order valence-corrected chi connectivity index (χ0v) is 8.40. The van der Waals surface area contributed by atoms with Crippen LogP contribution in [0.4, 0.5) is 0 Å². The molecule has 0 aromatic heterocycles. The summed E-state index contributed by atoms with van der Waals surface area (Å²) in [4.78, 5) is 21.5. The maximum absolute atomic E-state index is 10.9. The smallest absolute Gasteiger partial charge is 0.339 e. The van der Waals surface area contributed by atoms with E-state index in [1.165, 1.54) is 0 Å². The molecular formula is C6H11NO3S2. The average molecular weight is 209 g/mol. The molecule has 0 bridgehead atoms. The lowest BCUT2D eigenvalue weighted by molar-refractivity contribution is -0.144. The van der Waals surface area contributed by atoms with Gasteiger partial charge in [0.1, 0.15) is 0 Å². The van der Waals surface area contributed by atoms with Gasteiger partial charge in [-0.3, -0.25) is 4.79 Å². The highest BCUT2D eigenvalue weighted by atomic mass is 32.1. The Morgan fingerprint density at radius 2 is 2.17 bits per heavy atom. The number of carbonyl (C=O) groups excluding carboxylic acids is 2. The first kappa shape index (κ1) is 11.6.